The Morgan fingerprint density at radius 2 is 2.12 bits per heavy atom. The second-order valence-corrected chi connectivity index (χ2v) is 7.28. The SMILES string of the molecule is CN(C)[C@H](CNC(=O)N[C@@H]1c2ccccc2C[C@@H]1O)c1cccs1. The first kappa shape index (κ1) is 17.0. The van der Waals surface area contributed by atoms with E-state index in [9.17, 15) is 9.90 Å². The molecule has 0 saturated carbocycles. The third-order valence-electron chi connectivity index (χ3n) is 4.44. The summed E-state index contributed by atoms with van der Waals surface area (Å²) in [4.78, 5) is 15.6. The number of hydrogen-bond acceptors (Lipinski definition) is 4. The van der Waals surface area contributed by atoms with Crippen molar-refractivity contribution < 1.29 is 9.90 Å². The number of fused-ring (bicyclic) bond motifs is 1. The molecule has 1 heterocycles. The highest BCUT2D eigenvalue weighted by Gasteiger charge is 2.32. The van der Waals surface area contributed by atoms with E-state index in [0.717, 1.165) is 11.1 Å². The average molecular weight is 345 g/mol. The van der Waals surface area contributed by atoms with Gasteiger partial charge in [-0.3, -0.25) is 0 Å². The third-order valence-corrected chi connectivity index (χ3v) is 5.42. The molecule has 3 rings (SSSR count). The lowest BCUT2D eigenvalue weighted by atomic mass is 10.1. The minimum atomic E-state index is -0.574. The van der Waals surface area contributed by atoms with Crippen molar-refractivity contribution >= 4 is 17.4 Å². The van der Waals surface area contributed by atoms with Crippen LogP contribution in [0.5, 0.6) is 0 Å². The van der Waals surface area contributed by atoms with E-state index in [1.807, 2.05) is 49.8 Å². The highest BCUT2D eigenvalue weighted by atomic mass is 32.1. The van der Waals surface area contributed by atoms with Crippen LogP contribution in [0.1, 0.15) is 28.1 Å². The smallest absolute Gasteiger partial charge is 0.315 e. The Kier molecular flexibility index (Phi) is 5.18. The predicted octanol–water partition coefficient (Wildman–Crippen LogP) is 2.31. The average Bonchev–Trinajstić information content (AvgIpc) is 3.16. The van der Waals surface area contributed by atoms with Gasteiger partial charge in [-0.05, 0) is 36.7 Å². The predicted molar refractivity (Wildman–Crippen MR) is 96.2 cm³/mol. The molecule has 5 nitrogen and oxygen atoms in total. The monoisotopic (exact) mass is 345 g/mol. The van der Waals surface area contributed by atoms with Gasteiger partial charge in [-0.1, -0.05) is 30.3 Å². The minimum Gasteiger partial charge on any atom is -0.390 e. The van der Waals surface area contributed by atoms with Crippen LogP contribution in [0.15, 0.2) is 41.8 Å². The van der Waals surface area contributed by atoms with Gasteiger partial charge in [-0.2, -0.15) is 0 Å². The van der Waals surface area contributed by atoms with E-state index < -0.39 is 6.10 Å². The first-order valence-corrected chi connectivity index (χ1v) is 8.94. The zero-order valence-electron chi connectivity index (χ0n) is 13.9. The number of likely N-dealkylation sites (N-methyl/N-ethyl adjacent to an activating group) is 1. The van der Waals surface area contributed by atoms with Crippen molar-refractivity contribution in [1.82, 2.24) is 15.5 Å². The van der Waals surface area contributed by atoms with Gasteiger partial charge < -0.3 is 20.6 Å². The molecule has 128 valence electrons. The number of carbonyl (C=O) groups is 1. The summed E-state index contributed by atoms with van der Waals surface area (Å²) in [7, 11) is 4.00. The standard InChI is InChI=1S/C18H23N3O2S/c1-21(2)14(16-8-5-9-24-16)11-19-18(23)20-17-13-7-4-3-6-12(13)10-15(17)22/h3-9,14-15,17,22H,10-11H2,1-2H3,(H2,19,20,23)/t14-,15+,17-/m1/s1. The van der Waals surface area contributed by atoms with E-state index in [0.29, 0.717) is 13.0 Å². The molecule has 3 N–H and O–H groups in total. The second kappa shape index (κ2) is 7.34. The first-order chi connectivity index (χ1) is 11.6. The van der Waals surface area contributed by atoms with E-state index in [4.69, 9.17) is 0 Å². The van der Waals surface area contributed by atoms with Crippen LogP contribution in [0.3, 0.4) is 0 Å². The Bertz CT molecular complexity index is 687. The van der Waals surface area contributed by atoms with Crippen molar-refractivity contribution in [3.05, 3.63) is 57.8 Å². The zero-order chi connectivity index (χ0) is 17.1. The summed E-state index contributed by atoms with van der Waals surface area (Å²) in [6, 6.07) is 11.5. The normalized spacial score (nSPS) is 20.7. The Hall–Kier alpha value is -1.89. The quantitative estimate of drug-likeness (QED) is 0.779. The highest BCUT2D eigenvalue weighted by molar-refractivity contribution is 7.10. The van der Waals surface area contributed by atoms with Crippen LogP contribution in [0.25, 0.3) is 0 Å². The number of aliphatic hydroxyl groups is 1. The van der Waals surface area contributed by atoms with Gasteiger partial charge >= 0.3 is 6.03 Å². The molecule has 0 radical (unpaired) electrons. The molecule has 0 saturated heterocycles. The van der Waals surface area contributed by atoms with E-state index in [2.05, 4.69) is 21.6 Å². The van der Waals surface area contributed by atoms with Crippen LogP contribution in [-0.4, -0.2) is 42.8 Å². The molecule has 0 spiro atoms. The summed E-state index contributed by atoms with van der Waals surface area (Å²) >= 11 is 1.68. The van der Waals surface area contributed by atoms with Gasteiger partial charge in [0.2, 0.25) is 0 Å². The lowest BCUT2D eigenvalue weighted by Crippen LogP contribution is -2.43. The van der Waals surface area contributed by atoms with Crippen LogP contribution in [0.4, 0.5) is 4.79 Å². The lowest BCUT2D eigenvalue weighted by molar-refractivity contribution is 0.142. The molecule has 2 aromatic rings. The van der Waals surface area contributed by atoms with E-state index in [-0.39, 0.29) is 18.1 Å². The Morgan fingerprint density at radius 3 is 2.83 bits per heavy atom. The third kappa shape index (κ3) is 3.61. The number of thiophene rings is 1. The molecular weight excluding hydrogens is 322 g/mol. The Labute approximate surface area is 146 Å². The molecule has 2 amide bonds. The number of aliphatic hydroxyl groups excluding tert-OH is 1. The van der Waals surface area contributed by atoms with Crippen molar-refractivity contribution in [2.24, 2.45) is 0 Å². The second-order valence-electron chi connectivity index (χ2n) is 6.30. The molecular formula is C18H23N3O2S. The van der Waals surface area contributed by atoms with Gasteiger partial charge in [0.15, 0.2) is 0 Å². The maximum absolute atomic E-state index is 12.3. The van der Waals surface area contributed by atoms with Gasteiger partial charge in [0.05, 0.1) is 18.2 Å². The molecule has 24 heavy (non-hydrogen) atoms. The number of nitrogens with zero attached hydrogens (tertiary/aromatic N) is 1. The van der Waals surface area contributed by atoms with Crippen molar-refractivity contribution in [2.45, 2.75) is 24.6 Å². The summed E-state index contributed by atoms with van der Waals surface area (Å²) in [5.74, 6) is 0. The van der Waals surface area contributed by atoms with E-state index in [1.165, 1.54) is 4.88 Å². The van der Waals surface area contributed by atoms with Gasteiger partial charge in [0.1, 0.15) is 0 Å². The van der Waals surface area contributed by atoms with Crippen molar-refractivity contribution in [2.75, 3.05) is 20.6 Å². The fourth-order valence-corrected chi connectivity index (χ4v) is 4.07. The van der Waals surface area contributed by atoms with Crippen LogP contribution in [0, 0.1) is 0 Å². The Balaban J connectivity index is 1.60. The van der Waals surface area contributed by atoms with E-state index >= 15 is 0 Å². The van der Waals surface area contributed by atoms with Gasteiger partial charge in [0, 0.05) is 17.8 Å². The van der Waals surface area contributed by atoms with Gasteiger partial charge in [0.25, 0.3) is 0 Å². The van der Waals surface area contributed by atoms with Crippen molar-refractivity contribution in [3.8, 4) is 0 Å². The van der Waals surface area contributed by atoms with Crippen LogP contribution in [0.2, 0.25) is 0 Å². The summed E-state index contributed by atoms with van der Waals surface area (Å²) in [5, 5.41) is 18.1. The molecule has 6 heteroatoms. The summed E-state index contributed by atoms with van der Waals surface area (Å²) in [5.41, 5.74) is 2.10. The maximum atomic E-state index is 12.3. The van der Waals surface area contributed by atoms with Crippen molar-refractivity contribution in [1.29, 1.82) is 0 Å². The van der Waals surface area contributed by atoms with E-state index in [1.54, 1.807) is 11.3 Å². The molecule has 0 bridgehead atoms. The molecule has 0 aliphatic heterocycles. The lowest BCUT2D eigenvalue weighted by Gasteiger charge is -2.24. The number of urea groups is 1. The molecule has 1 aromatic carbocycles. The van der Waals surface area contributed by atoms with Crippen LogP contribution < -0.4 is 10.6 Å². The molecule has 0 unspecified atom stereocenters. The largest absolute Gasteiger partial charge is 0.390 e. The maximum Gasteiger partial charge on any atom is 0.315 e. The van der Waals surface area contributed by atoms with Crippen LogP contribution in [-0.2, 0) is 6.42 Å². The molecule has 1 aliphatic rings. The summed E-state index contributed by atoms with van der Waals surface area (Å²) < 4.78 is 0. The fraction of sp³-hybridized carbons (Fsp3) is 0.389. The zero-order valence-corrected chi connectivity index (χ0v) is 14.7. The first-order valence-electron chi connectivity index (χ1n) is 8.06. The van der Waals surface area contributed by atoms with Crippen molar-refractivity contribution in [3.63, 3.8) is 0 Å². The fourth-order valence-electron chi connectivity index (χ4n) is 3.15. The highest BCUT2D eigenvalue weighted by Crippen LogP contribution is 2.31. The number of benzene rings is 1. The summed E-state index contributed by atoms with van der Waals surface area (Å²) in [6.07, 6.45) is 0.00601. The number of rotatable bonds is 5. The number of carbonyl (C=O) groups excluding carboxylic acids is 1. The minimum absolute atomic E-state index is 0.136. The molecule has 1 aromatic heterocycles. The topological polar surface area (TPSA) is 64.6 Å². The Morgan fingerprint density at radius 1 is 1.33 bits per heavy atom. The number of nitrogens with one attached hydrogen (secondary N) is 2. The molecule has 1 aliphatic carbocycles. The summed E-state index contributed by atoms with van der Waals surface area (Å²) in [6.45, 7) is 0.518. The number of amides is 2. The molecule has 3 atom stereocenters. The molecule has 0 fully saturated rings. The van der Waals surface area contributed by atoms with Gasteiger partial charge in [-0.15, -0.1) is 11.3 Å². The number of hydrogen-bond donors (Lipinski definition) is 3. The van der Waals surface area contributed by atoms with Crippen LogP contribution >= 0.6 is 11.3 Å². The van der Waals surface area contributed by atoms with Gasteiger partial charge in [-0.25, -0.2) is 4.79 Å².